The minimum absolute atomic E-state index is 0.176. The third-order valence-electron chi connectivity index (χ3n) is 9.35. The van der Waals surface area contributed by atoms with Crippen LogP contribution in [0, 0.1) is 6.92 Å². The fraction of sp³-hybridized carbons (Fsp3) is 0.0208. The summed E-state index contributed by atoms with van der Waals surface area (Å²) in [6, 6.07) is 49.9. The van der Waals surface area contributed by atoms with E-state index < -0.39 is 17.9 Å². The van der Waals surface area contributed by atoms with Crippen LogP contribution in [-0.4, -0.2) is 23.0 Å². The quantitative estimate of drug-likeness (QED) is 0.123. The molecule has 8 aromatic rings. The van der Waals surface area contributed by atoms with Gasteiger partial charge < -0.3 is 19.3 Å². The van der Waals surface area contributed by atoms with E-state index in [4.69, 9.17) is 14.2 Å². The first-order valence-corrected chi connectivity index (χ1v) is 17.6. The fourth-order valence-electron chi connectivity index (χ4n) is 6.47. The lowest BCUT2D eigenvalue weighted by molar-refractivity contribution is 0.0722. The van der Waals surface area contributed by atoms with Crippen molar-refractivity contribution in [2.45, 2.75) is 6.92 Å². The minimum Gasteiger partial charge on any atom is -0.508 e. The summed E-state index contributed by atoms with van der Waals surface area (Å²) in [7, 11) is 0. The topological polar surface area (TPSA) is 99.1 Å². The molecule has 0 aliphatic rings. The number of aromatic hydroxyl groups is 1. The van der Waals surface area contributed by atoms with Crippen LogP contribution in [0.2, 0.25) is 0 Å². The van der Waals surface area contributed by atoms with Crippen LogP contribution in [0.3, 0.4) is 0 Å². The lowest BCUT2D eigenvalue weighted by Gasteiger charge is -2.19. The van der Waals surface area contributed by atoms with E-state index in [1.54, 1.807) is 72.8 Å². The van der Waals surface area contributed by atoms with Crippen molar-refractivity contribution in [2.24, 2.45) is 0 Å². The lowest BCUT2D eigenvalue weighted by atomic mass is 9.92. The number of aryl methyl sites for hydroxylation is 1. The van der Waals surface area contributed by atoms with Crippen molar-refractivity contribution in [3.8, 4) is 45.3 Å². The molecule has 0 aliphatic carbocycles. The van der Waals surface area contributed by atoms with E-state index in [1.165, 1.54) is 24.3 Å². The highest BCUT2D eigenvalue weighted by atomic mass is 16.5. The second kappa shape index (κ2) is 14.8. The summed E-state index contributed by atoms with van der Waals surface area (Å²) in [5.74, 6) is -0.665. The molecule has 0 unspecified atom stereocenters. The molecule has 8 aromatic carbocycles. The van der Waals surface area contributed by atoms with Crippen LogP contribution in [0.15, 0.2) is 170 Å². The van der Waals surface area contributed by atoms with Crippen molar-refractivity contribution in [3.63, 3.8) is 0 Å². The molecule has 0 saturated heterocycles. The van der Waals surface area contributed by atoms with Crippen molar-refractivity contribution >= 4 is 39.5 Å². The van der Waals surface area contributed by atoms with Gasteiger partial charge in [0.15, 0.2) is 0 Å². The number of carbonyl (C=O) groups excluding carboxylic acids is 3. The Hall–Kier alpha value is -7.51. The number of carbonyl (C=O) groups is 3. The second-order valence-electron chi connectivity index (χ2n) is 13.0. The number of rotatable bonds is 8. The number of benzene rings is 8. The van der Waals surface area contributed by atoms with Crippen LogP contribution >= 0.6 is 0 Å². The molecule has 0 aliphatic heterocycles. The van der Waals surface area contributed by atoms with Crippen LogP contribution in [0.4, 0.5) is 0 Å². The molecule has 0 radical (unpaired) electrons. The summed E-state index contributed by atoms with van der Waals surface area (Å²) in [6.45, 7) is 1.95. The Morgan fingerprint density at radius 2 is 0.818 bits per heavy atom. The van der Waals surface area contributed by atoms with E-state index in [2.05, 4.69) is 0 Å². The number of phenolic OH excluding ortho intramolecular Hbond substituents is 1. The van der Waals surface area contributed by atoms with Gasteiger partial charge in [0.25, 0.3) is 0 Å². The van der Waals surface area contributed by atoms with Gasteiger partial charge in [-0.1, -0.05) is 103 Å². The summed E-state index contributed by atoms with van der Waals surface area (Å²) >= 11 is 0. The van der Waals surface area contributed by atoms with E-state index in [0.29, 0.717) is 28.0 Å². The van der Waals surface area contributed by atoms with Gasteiger partial charge in [0.05, 0.1) is 16.7 Å². The van der Waals surface area contributed by atoms with E-state index in [-0.39, 0.29) is 22.8 Å². The largest absolute Gasteiger partial charge is 0.508 e. The Morgan fingerprint density at radius 3 is 1.31 bits per heavy atom. The third-order valence-corrected chi connectivity index (χ3v) is 9.35. The van der Waals surface area contributed by atoms with Gasteiger partial charge in [-0.15, -0.1) is 0 Å². The Bertz CT molecular complexity index is 2710. The maximum Gasteiger partial charge on any atom is 0.343 e. The van der Waals surface area contributed by atoms with Crippen molar-refractivity contribution in [1.29, 1.82) is 0 Å². The molecule has 0 heterocycles. The van der Waals surface area contributed by atoms with Gasteiger partial charge >= 0.3 is 17.9 Å². The molecule has 7 heteroatoms. The van der Waals surface area contributed by atoms with Gasteiger partial charge in [-0.3, -0.25) is 0 Å². The first kappa shape index (κ1) is 34.6. The summed E-state index contributed by atoms with van der Waals surface area (Å²) in [5, 5.41) is 13.0. The Kier molecular flexibility index (Phi) is 9.33. The molecule has 55 heavy (non-hydrogen) atoms. The summed E-state index contributed by atoms with van der Waals surface area (Å²) < 4.78 is 17.8. The number of esters is 3. The number of hydrogen-bond donors (Lipinski definition) is 1. The summed E-state index contributed by atoms with van der Waals surface area (Å²) in [6.07, 6.45) is 0. The number of fused-ring (bicyclic) bond motifs is 2. The molecule has 0 atom stereocenters. The van der Waals surface area contributed by atoms with Crippen LogP contribution < -0.4 is 14.2 Å². The smallest absolute Gasteiger partial charge is 0.343 e. The molecular weight excluding hydrogens is 689 g/mol. The predicted molar refractivity (Wildman–Crippen MR) is 213 cm³/mol. The zero-order valence-corrected chi connectivity index (χ0v) is 29.6. The number of phenols is 1. The van der Waals surface area contributed by atoms with Crippen LogP contribution in [0.25, 0.3) is 43.8 Å². The standard InChI is InChI=1S/C48H32O7/c1-30-10-12-35(13-11-30)47(51)54-42-28-22-33-6-2-4-8-40(33)44(42)45-41-9-5-3-7-34(41)23-29-43(45)55-48(52)37-20-26-39(27-21-37)53-46(50)36-16-14-31(15-17-36)32-18-24-38(49)25-19-32/h2-29,49H,1H3. The minimum atomic E-state index is -0.627. The van der Waals surface area contributed by atoms with Gasteiger partial charge in [0.1, 0.15) is 23.0 Å². The van der Waals surface area contributed by atoms with E-state index in [1.807, 2.05) is 79.7 Å². The summed E-state index contributed by atoms with van der Waals surface area (Å²) in [4.78, 5) is 40.2. The average molecular weight is 721 g/mol. The predicted octanol–water partition coefficient (Wildman–Crippen LogP) is 11.0. The maximum atomic E-state index is 13.8. The van der Waals surface area contributed by atoms with Crippen LogP contribution in [0.5, 0.6) is 23.0 Å². The molecule has 0 spiro atoms. The fourth-order valence-corrected chi connectivity index (χ4v) is 6.47. The van der Waals surface area contributed by atoms with E-state index in [0.717, 1.165) is 38.2 Å². The van der Waals surface area contributed by atoms with E-state index >= 15 is 0 Å². The molecule has 7 nitrogen and oxygen atoms in total. The van der Waals surface area contributed by atoms with Crippen molar-refractivity contribution in [1.82, 2.24) is 0 Å². The summed E-state index contributed by atoms with van der Waals surface area (Å²) in [5.41, 5.74) is 5.01. The first-order valence-electron chi connectivity index (χ1n) is 17.6. The second-order valence-corrected chi connectivity index (χ2v) is 13.0. The number of ether oxygens (including phenoxy) is 3. The molecule has 0 amide bonds. The molecule has 266 valence electrons. The van der Waals surface area contributed by atoms with Crippen molar-refractivity contribution in [3.05, 3.63) is 192 Å². The molecule has 1 N–H and O–H groups in total. The average Bonchev–Trinajstić information content (AvgIpc) is 3.22. The van der Waals surface area contributed by atoms with E-state index in [9.17, 15) is 19.5 Å². The molecule has 0 aromatic heterocycles. The lowest BCUT2D eigenvalue weighted by Crippen LogP contribution is -2.11. The first-order chi connectivity index (χ1) is 26.8. The van der Waals surface area contributed by atoms with Gasteiger partial charge in [-0.2, -0.15) is 0 Å². The maximum absolute atomic E-state index is 13.8. The highest BCUT2D eigenvalue weighted by Gasteiger charge is 2.23. The van der Waals surface area contributed by atoms with Crippen LogP contribution in [0.1, 0.15) is 36.6 Å². The molecule has 0 saturated carbocycles. The molecular formula is C48H32O7. The Labute approximate surface area is 316 Å². The van der Waals surface area contributed by atoms with Gasteiger partial charge in [0.2, 0.25) is 0 Å². The highest BCUT2D eigenvalue weighted by Crippen LogP contribution is 2.46. The Morgan fingerprint density at radius 1 is 0.418 bits per heavy atom. The molecule has 0 fully saturated rings. The van der Waals surface area contributed by atoms with Gasteiger partial charge in [-0.05, 0) is 112 Å². The zero-order chi connectivity index (χ0) is 37.9. The van der Waals surface area contributed by atoms with Crippen LogP contribution in [-0.2, 0) is 0 Å². The van der Waals surface area contributed by atoms with Crippen molar-refractivity contribution in [2.75, 3.05) is 0 Å². The van der Waals surface area contributed by atoms with Crippen molar-refractivity contribution < 1.29 is 33.7 Å². The molecule has 8 rings (SSSR count). The monoisotopic (exact) mass is 720 g/mol. The third kappa shape index (κ3) is 7.27. The highest BCUT2D eigenvalue weighted by molar-refractivity contribution is 6.11. The van der Waals surface area contributed by atoms with Gasteiger partial charge in [-0.25, -0.2) is 14.4 Å². The normalized spacial score (nSPS) is 10.9. The zero-order valence-electron chi connectivity index (χ0n) is 29.6. The molecule has 0 bridgehead atoms. The SMILES string of the molecule is Cc1ccc(C(=O)Oc2ccc3ccccc3c2-c2c(OC(=O)c3ccc(OC(=O)c4ccc(-c5ccc(O)cc5)cc4)cc3)ccc3ccccc23)cc1. The Balaban J connectivity index is 1.08. The number of hydrogen-bond acceptors (Lipinski definition) is 7. The van der Waals surface area contributed by atoms with Gasteiger partial charge in [0, 0.05) is 11.1 Å².